The maximum absolute atomic E-state index is 12.5. The molecule has 0 saturated heterocycles. The minimum Gasteiger partial charge on any atom is -0.507 e. The fourth-order valence-corrected chi connectivity index (χ4v) is 2.48. The monoisotopic (exact) mass is 295 g/mol. The molecule has 1 aromatic heterocycles. The van der Waals surface area contributed by atoms with E-state index < -0.39 is 0 Å². The Bertz CT molecular complexity index is 835. The normalized spacial score (nSPS) is 10.8. The summed E-state index contributed by atoms with van der Waals surface area (Å²) in [6.45, 7) is 2.22. The number of nitrogens with zero attached hydrogens (tertiary/aromatic N) is 1. The number of rotatable bonds is 3. The van der Waals surface area contributed by atoms with E-state index in [-0.39, 0.29) is 11.7 Å². The number of fused-ring (bicyclic) bond motifs is 1. The van der Waals surface area contributed by atoms with Crippen molar-refractivity contribution in [1.29, 1.82) is 0 Å². The van der Waals surface area contributed by atoms with Crippen molar-refractivity contribution in [2.75, 3.05) is 7.05 Å². The summed E-state index contributed by atoms with van der Waals surface area (Å²) < 4.78 is 5.48. The van der Waals surface area contributed by atoms with Crippen molar-refractivity contribution in [1.82, 2.24) is 4.90 Å². The van der Waals surface area contributed by atoms with Crippen LogP contribution in [0.3, 0.4) is 0 Å². The third-order valence-electron chi connectivity index (χ3n) is 3.63. The lowest BCUT2D eigenvalue weighted by Gasteiger charge is -2.17. The molecule has 1 amide bonds. The predicted molar refractivity (Wildman–Crippen MR) is 84.9 cm³/mol. The summed E-state index contributed by atoms with van der Waals surface area (Å²) in [4.78, 5) is 14.1. The lowest BCUT2D eigenvalue weighted by atomic mass is 10.1. The highest BCUT2D eigenvalue weighted by Crippen LogP contribution is 2.26. The highest BCUT2D eigenvalue weighted by Gasteiger charge is 2.17. The minimum absolute atomic E-state index is 0.00817. The highest BCUT2D eigenvalue weighted by atomic mass is 16.3. The van der Waals surface area contributed by atoms with E-state index >= 15 is 0 Å². The van der Waals surface area contributed by atoms with Crippen molar-refractivity contribution in [2.24, 2.45) is 0 Å². The Balaban J connectivity index is 1.89. The fourth-order valence-electron chi connectivity index (χ4n) is 2.48. The van der Waals surface area contributed by atoms with E-state index in [9.17, 15) is 9.90 Å². The number of phenols is 1. The van der Waals surface area contributed by atoms with Crippen molar-refractivity contribution in [2.45, 2.75) is 13.5 Å². The number of hydrogen-bond acceptors (Lipinski definition) is 3. The first-order valence-corrected chi connectivity index (χ1v) is 7.07. The fraction of sp³-hybridized carbons (Fsp3) is 0.167. The molecule has 2 aromatic carbocycles. The largest absolute Gasteiger partial charge is 0.507 e. The molecule has 4 nitrogen and oxygen atoms in total. The van der Waals surface area contributed by atoms with Crippen molar-refractivity contribution in [3.05, 3.63) is 65.6 Å². The second-order valence-corrected chi connectivity index (χ2v) is 5.39. The van der Waals surface area contributed by atoms with Gasteiger partial charge in [0.1, 0.15) is 17.3 Å². The summed E-state index contributed by atoms with van der Waals surface area (Å²) >= 11 is 0. The van der Waals surface area contributed by atoms with Crippen molar-refractivity contribution in [3.8, 4) is 5.75 Å². The first kappa shape index (κ1) is 14.2. The number of carbonyl (C=O) groups excluding carboxylic acids is 1. The lowest BCUT2D eigenvalue weighted by Crippen LogP contribution is -2.26. The molecule has 0 aliphatic carbocycles. The number of hydrogen-bond donors (Lipinski definition) is 1. The van der Waals surface area contributed by atoms with Gasteiger partial charge in [0.15, 0.2) is 0 Å². The molecule has 3 rings (SSSR count). The predicted octanol–water partition coefficient (Wildman–Crippen LogP) is 3.72. The molecule has 1 heterocycles. The van der Waals surface area contributed by atoms with Gasteiger partial charge in [-0.15, -0.1) is 0 Å². The topological polar surface area (TPSA) is 53.7 Å². The third kappa shape index (κ3) is 2.68. The average molecular weight is 295 g/mol. The molecule has 0 radical (unpaired) electrons. The van der Waals surface area contributed by atoms with Crippen molar-refractivity contribution in [3.63, 3.8) is 0 Å². The van der Waals surface area contributed by atoms with Crippen LogP contribution in [0, 0.1) is 6.92 Å². The molecule has 0 atom stereocenters. The standard InChI is InChI=1S/C18H17NO3/c1-12-7-8-15(22-12)11-19(2)18(21)16-9-13-5-3-4-6-14(13)10-17(16)20/h3-10,20H,11H2,1-2H3. The Hall–Kier alpha value is -2.75. The van der Waals surface area contributed by atoms with E-state index in [1.54, 1.807) is 19.2 Å². The summed E-state index contributed by atoms with van der Waals surface area (Å²) in [5, 5.41) is 12.0. The van der Waals surface area contributed by atoms with Crippen LogP contribution in [0.1, 0.15) is 21.9 Å². The Morgan fingerprint density at radius 2 is 1.82 bits per heavy atom. The quantitative estimate of drug-likeness (QED) is 0.801. The summed E-state index contributed by atoms with van der Waals surface area (Å²) in [6.07, 6.45) is 0. The molecule has 22 heavy (non-hydrogen) atoms. The second kappa shape index (κ2) is 5.56. The number of furan rings is 1. The molecular formula is C18H17NO3. The van der Waals surface area contributed by atoms with Crippen LogP contribution >= 0.6 is 0 Å². The zero-order valence-electron chi connectivity index (χ0n) is 12.5. The van der Waals surface area contributed by atoms with Gasteiger partial charge in [0.25, 0.3) is 5.91 Å². The highest BCUT2D eigenvalue weighted by molar-refractivity contribution is 6.01. The van der Waals surface area contributed by atoms with Crippen LogP contribution in [0.15, 0.2) is 52.9 Å². The Kier molecular flexibility index (Phi) is 3.59. The van der Waals surface area contributed by atoms with Gasteiger partial charge in [-0.2, -0.15) is 0 Å². The van der Waals surface area contributed by atoms with Gasteiger partial charge in [-0.05, 0) is 42.0 Å². The maximum atomic E-state index is 12.5. The SMILES string of the molecule is Cc1ccc(CN(C)C(=O)c2cc3ccccc3cc2O)o1. The van der Waals surface area contributed by atoms with Gasteiger partial charge in [-0.1, -0.05) is 24.3 Å². The number of amides is 1. The smallest absolute Gasteiger partial charge is 0.257 e. The first-order chi connectivity index (χ1) is 10.5. The summed E-state index contributed by atoms with van der Waals surface area (Å²) in [5.41, 5.74) is 0.296. The minimum atomic E-state index is -0.239. The Labute approximate surface area is 128 Å². The zero-order valence-corrected chi connectivity index (χ0v) is 12.5. The van der Waals surface area contributed by atoms with Crippen molar-refractivity contribution >= 4 is 16.7 Å². The van der Waals surface area contributed by atoms with E-state index in [0.717, 1.165) is 16.5 Å². The number of aromatic hydroxyl groups is 1. The molecule has 3 aromatic rings. The molecule has 0 aliphatic heterocycles. The number of carbonyl (C=O) groups is 1. The van der Waals surface area contributed by atoms with Gasteiger partial charge >= 0.3 is 0 Å². The van der Waals surface area contributed by atoms with Gasteiger partial charge in [0.2, 0.25) is 0 Å². The number of aryl methyl sites for hydroxylation is 1. The van der Waals surface area contributed by atoms with Gasteiger partial charge in [0, 0.05) is 7.05 Å². The average Bonchev–Trinajstić information content (AvgIpc) is 2.91. The molecule has 112 valence electrons. The van der Waals surface area contributed by atoms with Crippen LogP contribution in [-0.4, -0.2) is 23.0 Å². The van der Waals surface area contributed by atoms with Crippen LogP contribution in [0.25, 0.3) is 10.8 Å². The van der Waals surface area contributed by atoms with E-state index in [1.807, 2.05) is 43.3 Å². The second-order valence-electron chi connectivity index (χ2n) is 5.39. The zero-order chi connectivity index (χ0) is 15.7. The molecular weight excluding hydrogens is 278 g/mol. The lowest BCUT2D eigenvalue weighted by molar-refractivity contribution is 0.0772. The molecule has 0 fully saturated rings. The van der Waals surface area contributed by atoms with E-state index in [4.69, 9.17) is 4.42 Å². The third-order valence-corrected chi connectivity index (χ3v) is 3.63. The molecule has 0 unspecified atom stereocenters. The Morgan fingerprint density at radius 1 is 1.14 bits per heavy atom. The number of benzene rings is 2. The Morgan fingerprint density at radius 3 is 2.45 bits per heavy atom. The van der Waals surface area contributed by atoms with Crippen LogP contribution < -0.4 is 0 Å². The molecule has 0 spiro atoms. The van der Waals surface area contributed by atoms with Crippen LogP contribution in [0.5, 0.6) is 5.75 Å². The molecule has 1 N–H and O–H groups in total. The molecule has 0 bridgehead atoms. The van der Waals surface area contributed by atoms with Gasteiger partial charge in [-0.3, -0.25) is 4.79 Å². The summed E-state index contributed by atoms with van der Waals surface area (Å²) in [7, 11) is 1.69. The van der Waals surface area contributed by atoms with E-state index in [2.05, 4.69) is 0 Å². The van der Waals surface area contributed by atoms with Crippen molar-refractivity contribution < 1.29 is 14.3 Å². The van der Waals surface area contributed by atoms with E-state index in [0.29, 0.717) is 17.9 Å². The van der Waals surface area contributed by atoms with Crippen LogP contribution in [-0.2, 0) is 6.54 Å². The summed E-state index contributed by atoms with van der Waals surface area (Å²) in [5.74, 6) is 1.28. The number of phenolic OH excluding ortho intramolecular Hbond substituents is 1. The van der Waals surface area contributed by atoms with Crippen LogP contribution in [0.4, 0.5) is 0 Å². The molecule has 0 saturated carbocycles. The van der Waals surface area contributed by atoms with Gasteiger partial charge < -0.3 is 14.4 Å². The van der Waals surface area contributed by atoms with Crippen LogP contribution in [0.2, 0.25) is 0 Å². The van der Waals surface area contributed by atoms with Gasteiger partial charge in [0.05, 0.1) is 12.1 Å². The maximum Gasteiger partial charge on any atom is 0.257 e. The van der Waals surface area contributed by atoms with Gasteiger partial charge in [-0.25, -0.2) is 0 Å². The molecule has 0 aliphatic rings. The molecule has 4 heteroatoms. The van der Waals surface area contributed by atoms with E-state index in [1.165, 1.54) is 4.90 Å². The first-order valence-electron chi connectivity index (χ1n) is 7.07. The summed E-state index contributed by atoms with van der Waals surface area (Å²) in [6, 6.07) is 14.7.